The molecule has 0 fully saturated rings. The van der Waals surface area contributed by atoms with Gasteiger partial charge in [0.25, 0.3) is 0 Å². The van der Waals surface area contributed by atoms with Gasteiger partial charge in [0.2, 0.25) is 0 Å². The standard InChI is InChI=1S/C18H20FNO/c1-11-8-12(2)17(16(19)9-11)18-15-10-14(21-3)5-4-13(15)6-7-20-18/h4-5,8-10,18,20H,6-7H2,1-3H3. The van der Waals surface area contributed by atoms with Gasteiger partial charge < -0.3 is 10.1 Å². The number of methoxy groups -OCH3 is 1. The highest BCUT2D eigenvalue weighted by Gasteiger charge is 2.25. The van der Waals surface area contributed by atoms with E-state index in [1.54, 1.807) is 13.2 Å². The van der Waals surface area contributed by atoms with E-state index < -0.39 is 0 Å². The van der Waals surface area contributed by atoms with Crippen molar-refractivity contribution in [3.63, 3.8) is 0 Å². The zero-order valence-electron chi connectivity index (χ0n) is 12.7. The van der Waals surface area contributed by atoms with Crippen LogP contribution in [0.5, 0.6) is 5.75 Å². The average Bonchev–Trinajstić information content (AvgIpc) is 2.46. The maximum Gasteiger partial charge on any atom is 0.128 e. The molecule has 0 bridgehead atoms. The van der Waals surface area contributed by atoms with Gasteiger partial charge >= 0.3 is 0 Å². The van der Waals surface area contributed by atoms with E-state index in [1.807, 2.05) is 32.0 Å². The summed E-state index contributed by atoms with van der Waals surface area (Å²) in [7, 11) is 1.66. The van der Waals surface area contributed by atoms with Crippen molar-refractivity contribution in [3.05, 3.63) is 64.0 Å². The monoisotopic (exact) mass is 285 g/mol. The number of benzene rings is 2. The summed E-state index contributed by atoms with van der Waals surface area (Å²) >= 11 is 0. The maximum absolute atomic E-state index is 14.5. The quantitative estimate of drug-likeness (QED) is 0.908. The summed E-state index contributed by atoms with van der Waals surface area (Å²) in [6, 6.07) is 9.62. The second-order valence-electron chi connectivity index (χ2n) is 5.68. The molecule has 2 nitrogen and oxygen atoms in total. The van der Waals surface area contributed by atoms with Gasteiger partial charge in [-0.05, 0) is 60.7 Å². The summed E-state index contributed by atoms with van der Waals surface area (Å²) in [6.07, 6.45) is 0.961. The number of aryl methyl sites for hydroxylation is 2. The number of halogens is 1. The van der Waals surface area contributed by atoms with E-state index in [9.17, 15) is 4.39 Å². The van der Waals surface area contributed by atoms with Crippen LogP contribution >= 0.6 is 0 Å². The third kappa shape index (κ3) is 2.54. The molecule has 2 aromatic carbocycles. The summed E-state index contributed by atoms with van der Waals surface area (Å²) in [5, 5.41) is 3.45. The summed E-state index contributed by atoms with van der Waals surface area (Å²) in [5.41, 5.74) is 5.07. The third-order valence-corrected chi connectivity index (χ3v) is 4.18. The van der Waals surface area contributed by atoms with Gasteiger partial charge in [-0.1, -0.05) is 12.1 Å². The van der Waals surface area contributed by atoms with Gasteiger partial charge in [0.15, 0.2) is 0 Å². The fourth-order valence-electron chi connectivity index (χ4n) is 3.21. The fraction of sp³-hybridized carbons (Fsp3) is 0.333. The maximum atomic E-state index is 14.5. The third-order valence-electron chi connectivity index (χ3n) is 4.18. The van der Waals surface area contributed by atoms with Crippen LogP contribution in [0.4, 0.5) is 4.39 Å². The molecule has 1 aliphatic heterocycles. The normalized spacial score (nSPS) is 17.4. The Labute approximate surface area is 125 Å². The molecule has 1 aliphatic rings. The van der Waals surface area contributed by atoms with E-state index in [1.165, 1.54) is 5.56 Å². The summed E-state index contributed by atoms with van der Waals surface area (Å²) in [5.74, 6) is 0.674. The summed E-state index contributed by atoms with van der Waals surface area (Å²) in [4.78, 5) is 0. The molecule has 3 rings (SSSR count). The molecule has 0 radical (unpaired) electrons. The van der Waals surface area contributed by atoms with Crippen LogP contribution in [0, 0.1) is 19.7 Å². The van der Waals surface area contributed by atoms with E-state index >= 15 is 0 Å². The molecule has 110 valence electrons. The Morgan fingerprint density at radius 3 is 2.71 bits per heavy atom. The number of rotatable bonds is 2. The molecule has 0 saturated heterocycles. The van der Waals surface area contributed by atoms with Crippen LogP contribution in [0.25, 0.3) is 0 Å². The lowest BCUT2D eigenvalue weighted by atomic mass is 9.87. The molecular weight excluding hydrogens is 265 g/mol. The highest BCUT2D eigenvalue weighted by Crippen LogP contribution is 2.34. The van der Waals surface area contributed by atoms with Crippen LogP contribution in [0.15, 0.2) is 30.3 Å². The number of ether oxygens (including phenoxy) is 1. The fourth-order valence-corrected chi connectivity index (χ4v) is 3.21. The van der Waals surface area contributed by atoms with Crippen molar-refractivity contribution in [1.82, 2.24) is 5.32 Å². The smallest absolute Gasteiger partial charge is 0.128 e. The van der Waals surface area contributed by atoms with Crippen molar-refractivity contribution >= 4 is 0 Å². The molecule has 1 unspecified atom stereocenters. The second kappa shape index (κ2) is 5.49. The number of hydrogen-bond donors (Lipinski definition) is 1. The molecule has 0 aliphatic carbocycles. The molecule has 0 aromatic heterocycles. The molecule has 1 heterocycles. The van der Waals surface area contributed by atoms with Crippen LogP contribution in [-0.2, 0) is 6.42 Å². The van der Waals surface area contributed by atoms with Crippen molar-refractivity contribution in [3.8, 4) is 5.75 Å². The van der Waals surface area contributed by atoms with Crippen molar-refractivity contribution in [2.75, 3.05) is 13.7 Å². The first kappa shape index (κ1) is 14.1. The highest BCUT2D eigenvalue weighted by atomic mass is 19.1. The summed E-state index contributed by atoms with van der Waals surface area (Å²) < 4.78 is 19.8. The Kier molecular flexibility index (Phi) is 3.68. The van der Waals surface area contributed by atoms with Crippen LogP contribution < -0.4 is 10.1 Å². The second-order valence-corrected chi connectivity index (χ2v) is 5.68. The van der Waals surface area contributed by atoms with Gasteiger partial charge in [0.1, 0.15) is 11.6 Å². The van der Waals surface area contributed by atoms with E-state index in [-0.39, 0.29) is 11.9 Å². The Balaban J connectivity index is 2.14. The first-order chi connectivity index (χ1) is 10.1. The molecular formula is C18H20FNO. The number of fused-ring (bicyclic) bond motifs is 1. The van der Waals surface area contributed by atoms with Gasteiger partial charge in [-0.2, -0.15) is 0 Å². The van der Waals surface area contributed by atoms with Crippen molar-refractivity contribution in [2.45, 2.75) is 26.3 Å². The molecule has 0 spiro atoms. The van der Waals surface area contributed by atoms with Crippen molar-refractivity contribution in [2.24, 2.45) is 0 Å². The van der Waals surface area contributed by atoms with Crippen LogP contribution in [0.1, 0.15) is 33.9 Å². The first-order valence-corrected chi connectivity index (χ1v) is 7.27. The largest absolute Gasteiger partial charge is 0.497 e. The molecule has 0 amide bonds. The highest BCUT2D eigenvalue weighted by molar-refractivity contribution is 5.47. The van der Waals surface area contributed by atoms with Gasteiger partial charge in [0, 0.05) is 12.1 Å². The van der Waals surface area contributed by atoms with Crippen LogP contribution in [0.3, 0.4) is 0 Å². The summed E-state index contributed by atoms with van der Waals surface area (Å²) in [6.45, 7) is 4.75. The predicted octanol–water partition coefficient (Wildman–Crippen LogP) is 3.69. The molecule has 0 saturated carbocycles. The zero-order chi connectivity index (χ0) is 15.0. The van der Waals surface area contributed by atoms with E-state index in [0.717, 1.165) is 41.0 Å². The van der Waals surface area contributed by atoms with E-state index in [4.69, 9.17) is 4.74 Å². The average molecular weight is 285 g/mol. The Hall–Kier alpha value is -1.87. The van der Waals surface area contributed by atoms with E-state index in [0.29, 0.717) is 0 Å². The van der Waals surface area contributed by atoms with Gasteiger partial charge in [-0.25, -0.2) is 4.39 Å². The molecule has 1 N–H and O–H groups in total. The van der Waals surface area contributed by atoms with Crippen LogP contribution in [-0.4, -0.2) is 13.7 Å². The molecule has 3 heteroatoms. The van der Waals surface area contributed by atoms with Gasteiger partial charge in [-0.15, -0.1) is 0 Å². The molecule has 1 atom stereocenters. The van der Waals surface area contributed by atoms with Crippen LogP contribution in [0.2, 0.25) is 0 Å². The van der Waals surface area contributed by atoms with E-state index in [2.05, 4.69) is 11.4 Å². The van der Waals surface area contributed by atoms with Gasteiger partial charge in [-0.3, -0.25) is 0 Å². The lowest BCUT2D eigenvalue weighted by Gasteiger charge is -2.29. The lowest BCUT2D eigenvalue weighted by molar-refractivity contribution is 0.412. The van der Waals surface area contributed by atoms with Crippen molar-refractivity contribution < 1.29 is 9.13 Å². The molecule has 21 heavy (non-hydrogen) atoms. The first-order valence-electron chi connectivity index (χ1n) is 7.27. The Morgan fingerprint density at radius 1 is 1.19 bits per heavy atom. The van der Waals surface area contributed by atoms with Gasteiger partial charge in [0.05, 0.1) is 13.2 Å². The topological polar surface area (TPSA) is 21.3 Å². The lowest BCUT2D eigenvalue weighted by Crippen LogP contribution is -2.31. The minimum atomic E-state index is -0.138. The Bertz CT molecular complexity index is 658. The van der Waals surface area contributed by atoms with Crippen molar-refractivity contribution in [1.29, 1.82) is 0 Å². The Morgan fingerprint density at radius 2 is 2.00 bits per heavy atom. The number of nitrogens with one attached hydrogen (secondary N) is 1. The zero-order valence-corrected chi connectivity index (χ0v) is 12.7. The molecule has 2 aromatic rings. The predicted molar refractivity (Wildman–Crippen MR) is 82.4 cm³/mol. The minimum absolute atomic E-state index is 0.107. The minimum Gasteiger partial charge on any atom is -0.497 e. The number of hydrogen-bond acceptors (Lipinski definition) is 2. The SMILES string of the molecule is COc1ccc2c(c1)C(c1c(C)cc(C)cc1F)NCC2.